The molecule has 0 aromatic heterocycles. The van der Waals surface area contributed by atoms with Crippen molar-refractivity contribution in [2.75, 3.05) is 33.2 Å². The number of likely N-dealkylation sites (tertiary alicyclic amines) is 1. The molecule has 7 amide bonds. The van der Waals surface area contributed by atoms with Crippen molar-refractivity contribution in [3.63, 3.8) is 0 Å². The van der Waals surface area contributed by atoms with Gasteiger partial charge in [-0.25, -0.2) is 0 Å². The number of aliphatic carboxylic acids is 1. The molecular formula is C50H78N14O10. The van der Waals surface area contributed by atoms with Crippen LogP contribution in [0, 0.1) is 5.92 Å². The maximum atomic E-state index is 14.6. The Morgan fingerprint density at radius 2 is 1.27 bits per heavy atom. The fourth-order valence-corrected chi connectivity index (χ4v) is 8.40. The Labute approximate surface area is 432 Å². The third-order valence-electron chi connectivity index (χ3n) is 12.3. The number of guanidine groups is 2. The summed E-state index contributed by atoms with van der Waals surface area (Å²) in [7, 11) is 1.46. The number of likely N-dealkylation sites (N-methyl/N-ethyl adjacent to an activating group) is 1. The van der Waals surface area contributed by atoms with Gasteiger partial charge in [0.2, 0.25) is 41.4 Å². The van der Waals surface area contributed by atoms with Crippen molar-refractivity contribution < 1.29 is 48.6 Å². The third-order valence-corrected chi connectivity index (χ3v) is 12.3. The number of rotatable bonds is 31. The Balaban J connectivity index is 1.90. The summed E-state index contributed by atoms with van der Waals surface area (Å²) in [6, 6.07) is 7.23. The van der Waals surface area contributed by atoms with Crippen molar-refractivity contribution in [3.05, 3.63) is 65.7 Å². The first-order valence-corrected chi connectivity index (χ1v) is 25.1. The molecule has 1 saturated heterocycles. The second-order valence-electron chi connectivity index (χ2n) is 18.8. The molecule has 0 bridgehead atoms. The lowest BCUT2D eigenvalue weighted by molar-refractivity contribution is -0.144. The summed E-state index contributed by atoms with van der Waals surface area (Å²) < 4.78 is 0. The van der Waals surface area contributed by atoms with Crippen molar-refractivity contribution in [1.82, 2.24) is 36.4 Å². The number of hydrogen-bond donors (Lipinski definition) is 12. The molecule has 1 aliphatic heterocycles. The standard InChI is InChI=1S/C50H78N14O10/c1-5-6-15-36(60-46(72)40(26-30(2)3)63(4)47(73)38(28-31-13-8-7-9-14-31)62-42(68)34(51)27-32-19-21-33(65)22-20-32)44(70)61-37(17-11-24-57-50(54)55)48(74)64-25-12-18-39(64)45(71)59-35(16-10-23-56-49(52)53)43(69)58-29-41(66)67/h7-9,13-14,19-22,30,34-40,65H,5-6,10-12,15-18,23-29,51H2,1-4H3,(H,58,69)(H,59,71)(H,60,72)(H,61,70)(H,62,68)(H,66,67)(H4,52,53,56)(H4,54,55,57)/t34-,35-,36-,37-,38-,39-,40-/m0/s1. The van der Waals surface area contributed by atoms with Gasteiger partial charge >= 0.3 is 5.97 Å². The van der Waals surface area contributed by atoms with Crippen LogP contribution in [-0.2, 0) is 51.2 Å². The molecule has 0 saturated carbocycles. The fraction of sp³-hybridized carbons (Fsp3) is 0.560. The molecule has 1 aliphatic rings. The molecule has 24 nitrogen and oxygen atoms in total. The lowest BCUT2D eigenvalue weighted by Gasteiger charge is -2.34. The summed E-state index contributed by atoms with van der Waals surface area (Å²) in [6.07, 6.45) is 2.78. The topological polar surface area (TPSA) is 398 Å². The third kappa shape index (κ3) is 20.9. The highest BCUT2D eigenvalue weighted by atomic mass is 16.4. The van der Waals surface area contributed by atoms with Crippen LogP contribution in [0.2, 0.25) is 0 Å². The number of hydrogen-bond acceptors (Lipinski definition) is 12. The SMILES string of the molecule is CCCC[C@H](NC(=O)[C@H](CC(C)C)N(C)C(=O)[C@H](Cc1ccccc1)NC(=O)[C@@H](N)Cc1ccc(O)cc1)C(=O)N[C@@H](CCCN=C(N)N)C(=O)N1CCC[C@H]1C(=O)N[C@@H](CCCN=C(N)N)C(=O)NCC(=O)O. The van der Waals surface area contributed by atoms with Gasteiger partial charge in [-0.15, -0.1) is 0 Å². The average molecular weight is 1040 g/mol. The van der Waals surface area contributed by atoms with Crippen molar-refractivity contribution in [3.8, 4) is 5.75 Å². The Hall–Kier alpha value is -7.50. The van der Waals surface area contributed by atoms with Gasteiger partial charge in [0.1, 0.15) is 48.5 Å². The Bertz CT molecular complexity index is 2240. The Morgan fingerprint density at radius 3 is 1.85 bits per heavy atom. The van der Waals surface area contributed by atoms with Crippen molar-refractivity contribution in [1.29, 1.82) is 0 Å². The highest BCUT2D eigenvalue weighted by Gasteiger charge is 2.40. The van der Waals surface area contributed by atoms with E-state index in [0.717, 1.165) is 5.56 Å². The van der Waals surface area contributed by atoms with Crippen molar-refractivity contribution in [2.24, 2.45) is 44.6 Å². The molecule has 1 fully saturated rings. The molecule has 408 valence electrons. The smallest absolute Gasteiger partial charge is 0.322 e. The van der Waals surface area contributed by atoms with Crippen LogP contribution in [0.25, 0.3) is 0 Å². The predicted octanol–water partition coefficient (Wildman–Crippen LogP) is -1.19. The number of carbonyl (C=O) groups excluding carboxylic acids is 7. The van der Waals surface area contributed by atoms with Gasteiger partial charge in [0.15, 0.2) is 11.9 Å². The molecule has 0 spiro atoms. The molecule has 0 radical (unpaired) electrons. The summed E-state index contributed by atoms with van der Waals surface area (Å²) in [4.78, 5) is 120. The van der Waals surface area contributed by atoms with E-state index in [9.17, 15) is 43.5 Å². The van der Waals surface area contributed by atoms with Gasteiger partial charge < -0.3 is 75.3 Å². The van der Waals surface area contributed by atoms with E-state index < -0.39 is 96.2 Å². The summed E-state index contributed by atoms with van der Waals surface area (Å²) >= 11 is 0. The van der Waals surface area contributed by atoms with Gasteiger partial charge in [0.05, 0.1) is 6.04 Å². The van der Waals surface area contributed by atoms with Crippen LogP contribution in [0.4, 0.5) is 0 Å². The zero-order valence-electron chi connectivity index (χ0n) is 43.0. The van der Waals surface area contributed by atoms with Crippen molar-refractivity contribution >= 4 is 59.2 Å². The minimum absolute atomic E-state index is 0.0198. The molecule has 1 heterocycles. The highest BCUT2D eigenvalue weighted by molar-refractivity contribution is 5.98. The van der Waals surface area contributed by atoms with Gasteiger partial charge in [-0.3, -0.25) is 48.3 Å². The monoisotopic (exact) mass is 1030 g/mol. The zero-order valence-corrected chi connectivity index (χ0v) is 43.0. The second-order valence-corrected chi connectivity index (χ2v) is 18.8. The van der Waals surface area contributed by atoms with E-state index in [1.54, 1.807) is 36.4 Å². The van der Waals surface area contributed by atoms with Crippen molar-refractivity contribution in [2.45, 2.75) is 140 Å². The first-order chi connectivity index (χ1) is 35.1. The number of amides is 7. The number of nitrogens with two attached hydrogens (primary N) is 5. The van der Waals surface area contributed by atoms with E-state index >= 15 is 0 Å². The number of aromatic hydroxyl groups is 1. The number of nitrogens with zero attached hydrogens (tertiary/aromatic N) is 4. The van der Waals surface area contributed by atoms with Gasteiger partial charge in [-0.2, -0.15) is 0 Å². The molecule has 0 unspecified atom stereocenters. The lowest BCUT2D eigenvalue weighted by atomic mass is 9.98. The first-order valence-electron chi connectivity index (χ1n) is 25.1. The predicted molar refractivity (Wildman–Crippen MR) is 278 cm³/mol. The Morgan fingerprint density at radius 1 is 0.716 bits per heavy atom. The number of carboxylic acid groups (broad SMARTS) is 1. The summed E-state index contributed by atoms with van der Waals surface area (Å²) in [5.41, 5.74) is 29.7. The number of unbranched alkanes of at least 4 members (excludes halogenated alkanes) is 1. The molecule has 7 atom stereocenters. The number of benzene rings is 2. The van der Waals surface area contributed by atoms with Crippen LogP contribution in [0.1, 0.15) is 96.1 Å². The molecular weight excluding hydrogens is 957 g/mol. The van der Waals surface area contributed by atoms with Crippen LogP contribution in [0.15, 0.2) is 64.6 Å². The molecule has 2 aromatic carbocycles. The van der Waals surface area contributed by atoms with Gasteiger partial charge in [-0.05, 0) is 87.0 Å². The molecule has 3 rings (SSSR count). The number of aliphatic imine (C=N–C) groups is 2. The second kappa shape index (κ2) is 31.2. The first kappa shape index (κ1) is 60.8. The molecule has 0 aliphatic carbocycles. The van der Waals surface area contributed by atoms with Crippen LogP contribution in [0.5, 0.6) is 5.75 Å². The van der Waals surface area contributed by atoms with Crippen LogP contribution >= 0.6 is 0 Å². The maximum absolute atomic E-state index is 14.6. The van der Waals surface area contributed by atoms with E-state index in [4.69, 9.17) is 33.8 Å². The number of nitrogens with one attached hydrogen (secondary N) is 5. The molecule has 17 N–H and O–H groups in total. The van der Waals surface area contributed by atoms with Gasteiger partial charge in [0.25, 0.3) is 0 Å². The van der Waals surface area contributed by atoms with Crippen LogP contribution in [-0.4, -0.2) is 155 Å². The number of carboxylic acids is 1. The van der Waals surface area contributed by atoms with E-state index in [0.29, 0.717) is 24.8 Å². The average Bonchev–Trinajstić information content (AvgIpc) is 3.86. The van der Waals surface area contributed by atoms with E-state index in [1.807, 2.05) is 26.8 Å². The van der Waals surface area contributed by atoms with E-state index in [-0.39, 0.29) is 101 Å². The maximum Gasteiger partial charge on any atom is 0.322 e. The highest BCUT2D eigenvalue weighted by Crippen LogP contribution is 2.22. The minimum Gasteiger partial charge on any atom is -0.508 e. The fourth-order valence-electron chi connectivity index (χ4n) is 8.40. The molecule has 2 aromatic rings. The summed E-state index contributed by atoms with van der Waals surface area (Å²) in [5.74, 6) is -6.31. The zero-order chi connectivity index (χ0) is 54.9. The quantitative estimate of drug-likeness (QED) is 0.0240. The van der Waals surface area contributed by atoms with E-state index in [2.05, 4.69) is 36.6 Å². The van der Waals surface area contributed by atoms with Gasteiger partial charge in [-0.1, -0.05) is 76.1 Å². The summed E-state index contributed by atoms with van der Waals surface area (Å²) in [6.45, 7) is 5.30. The molecule has 24 heteroatoms. The number of phenolic OH excluding ortho intramolecular Hbond substituents is 1. The van der Waals surface area contributed by atoms with Crippen LogP contribution < -0.4 is 55.3 Å². The largest absolute Gasteiger partial charge is 0.508 e. The summed E-state index contributed by atoms with van der Waals surface area (Å²) in [5, 5.41) is 32.3. The molecule has 74 heavy (non-hydrogen) atoms. The van der Waals surface area contributed by atoms with E-state index in [1.165, 1.54) is 29.0 Å². The van der Waals surface area contributed by atoms with Crippen LogP contribution in [0.3, 0.4) is 0 Å². The minimum atomic E-state index is -1.30. The number of phenols is 1. The lowest BCUT2D eigenvalue weighted by Crippen LogP contribution is -2.60. The Kier molecular flexibility index (Phi) is 25.6. The number of carbonyl (C=O) groups is 8. The normalized spacial score (nSPS) is 15.5. The van der Waals surface area contributed by atoms with Gasteiger partial charge in [0, 0.05) is 33.1 Å².